The first-order valence-electron chi connectivity index (χ1n) is 10.5. The van der Waals surface area contributed by atoms with Gasteiger partial charge in [-0.1, -0.05) is 38.3 Å². The van der Waals surface area contributed by atoms with Gasteiger partial charge in [-0.2, -0.15) is 0 Å². The quantitative estimate of drug-likeness (QED) is 0.500. The first kappa shape index (κ1) is 22.5. The van der Waals surface area contributed by atoms with E-state index in [1.165, 1.54) is 11.3 Å². The summed E-state index contributed by atoms with van der Waals surface area (Å²) in [6.45, 7) is 2.86. The standard InChI is InChI=1S/C23H29NO5S/c1-2-3-4-5-20(25)17-6-8-18(9-7-17)24-19(10-11-22(24)26)14-29-13-16-12-21(23(27)28)30-15-16/h6-9,12,15,19-20,25H,2-5,10-11,13-14H2,1H3,(H,27,28)/t19-,20+/m1/s1. The highest BCUT2D eigenvalue weighted by Gasteiger charge is 2.32. The number of aliphatic hydroxyl groups excluding tert-OH is 1. The van der Waals surface area contributed by atoms with Crippen LogP contribution < -0.4 is 4.90 Å². The summed E-state index contributed by atoms with van der Waals surface area (Å²) in [5.41, 5.74) is 2.52. The lowest BCUT2D eigenvalue weighted by molar-refractivity contribution is -0.117. The number of thiophene rings is 1. The van der Waals surface area contributed by atoms with E-state index in [0.29, 0.717) is 24.5 Å². The van der Waals surface area contributed by atoms with Crippen molar-refractivity contribution in [3.05, 3.63) is 51.7 Å². The van der Waals surface area contributed by atoms with E-state index in [-0.39, 0.29) is 11.9 Å². The van der Waals surface area contributed by atoms with Gasteiger partial charge < -0.3 is 19.8 Å². The van der Waals surface area contributed by atoms with E-state index >= 15 is 0 Å². The van der Waals surface area contributed by atoms with E-state index in [0.717, 1.165) is 48.9 Å². The van der Waals surface area contributed by atoms with Crippen molar-refractivity contribution in [1.82, 2.24) is 0 Å². The SMILES string of the molecule is CCCCC[C@H](O)c1ccc(N2C(=O)CC[C@@H]2COCc2csc(C(=O)O)c2)cc1. The largest absolute Gasteiger partial charge is 0.477 e. The van der Waals surface area contributed by atoms with Crippen molar-refractivity contribution in [2.75, 3.05) is 11.5 Å². The van der Waals surface area contributed by atoms with Gasteiger partial charge in [-0.05, 0) is 47.5 Å². The maximum absolute atomic E-state index is 12.4. The second kappa shape index (κ2) is 10.7. The molecular formula is C23H29NO5S. The van der Waals surface area contributed by atoms with Crippen molar-refractivity contribution in [1.29, 1.82) is 0 Å². The summed E-state index contributed by atoms with van der Waals surface area (Å²) in [6.07, 6.45) is 4.73. The van der Waals surface area contributed by atoms with Crippen LogP contribution in [0.2, 0.25) is 0 Å². The van der Waals surface area contributed by atoms with Crippen LogP contribution in [0.1, 0.15) is 72.4 Å². The molecule has 1 amide bonds. The zero-order valence-corrected chi connectivity index (χ0v) is 18.1. The molecule has 2 atom stereocenters. The monoisotopic (exact) mass is 431 g/mol. The fourth-order valence-electron chi connectivity index (χ4n) is 3.74. The van der Waals surface area contributed by atoms with E-state index in [4.69, 9.17) is 9.84 Å². The Hall–Kier alpha value is -2.22. The molecule has 2 aromatic rings. The molecule has 1 fully saturated rings. The molecule has 0 saturated carbocycles. The summed E-state index contributed by atoms with van der Waals surface area (Å²) < 4.78 is 5.79. The molecule has 1 saturated heterocycles. The fraction of sp³-hybridized carbons (Fsp3) is 0.478. The molecule has 0 unspecified atom stereocenters. The van der Waals surface area contributed by atoms with E-state index in [1.807, 2.05) is 24.3 Å². The van der Waals surface area contributed by atoms with Crippen LogP contribution >= 0.6 is 11.3 Å². The number of nitrogens with zero attached hydrogens (tertiary/aromatic N) is 1. The molecule has 6 nitrogen and oxygen atoms in total. The Morgan fingerprint density at radius 3 is 2.73 bits per heavy atom. The van der Waals surface area contributed by atoms with E-state index in [2.05, 4.69) is 6.92 Å². The third-order valence-corrected chi connectivity index (χ3v) is 6.37. The van der Waals surface area contributed by atoms with E-state index in [1.54, 1.807) is 16.3 Å². The van der Waals surface area contributed by atoms with Crippen molar-refractivity contribution in [2.24, 2.45) is 0 Å². The molecular weight excluding hydrogens is 402 g/mol. The summed E-state index contributed by atoms with van der Waals surface area (Å²) in [5.74, 6) is -0.860. The molecule has 30 heavy (non-hydrogen) atoms. The molecule has 1 aliphatic rings. The molecule has 1 aliphatic heterocycles. The number of aromatic carboxylic acids is 1. The second-order valence-corrected chi connectivity index (χ2v) is 8.61. The number of carboxylic acids is 1. The number of hydrogen-bond acceptors (Lipinski definition) is 5. The number of anilines is 1. The van der Waals surface area contributed by atoms with Gasteiger partial charge in [0.2, 0.25) is 5.91 Å². The first-order valence-corrected chi connectivity index (χ1v) is 11.4. The molecule has 2 N–H and O–H groups in total. The molecule has 0 spiro atoms. The van der Waals surface area contributed by atoms with Crippen LogP contribution in [0, 0.1) is 0 Å². The number of unbranched alkanes of at least 4 members (excludes halogenated alkanes) is 2. The summed E-state index contributed by atoms with van der Waals surface area (Å²) in [5, 5.41) is 21.1. The summed E-state index contributed by atoms with van der Waals surface area (Å²) in [4.78, 5) is 25.5. The highest BCUT2D eigenvalue weighted by molar-refractivity contribution is 7.12. The van der Waals surface area contributed by atoms with Crippen LogP contribution in [0.25, 0.3) is 0 Å². The number of carbonyl (C=O) groups is 2. The number of benzene rings is 1. The minimum Gasteiger partial charge on any atom is -0.477 e. The molecule has 0 aliphatic carbocycles. The minimum atomic E-state index is -0.933. The predicted octanol–water partition coefficient (Wildman–Crippen LogP) is 4.77. The number of rotatable bonds is 11. The number of hydrogen-bond donors (Lipinski definition) is 2. The third-order valence-electron chi connectivity index (χ3n) is 5.41. The van der Waals surface area contributed by atoms with Crippen LogP contribution in [-0.4, -0.2) is 34.7 Å². The van der Waals surface area contributed by atoms with Crippen molar-refractivity contribution < 1.29 is 24.5 Å². The molecule has 7 heteroatoms. The summed E-state index contributed by atoms with van der Waals surface area (Å²) >= 11 is 1.18. The van der Waals surface area contributed by atoms with Gasteiger partial charge in [-0.15, -0.1) is 11.3 Å². The first-order chi connectivity index (χ1) is 14.5. The molecule has 0 radical (unpaired) electrons. The number of carbonyl (C=O) groups excluding carboxylic acids is 1. The number of ether oxygens (including phenoxy) is 1. The van der Waals surface area contributed by atoms with E-state index in [9.17, 15) is 14.7 Å². The van der Waals surface area contributed by atoms with Gasteiger partial charge in [-0.3, -0.25) is 4.79 Å². The van der Waals surface area contributed by atoms with Crippen LogP contribution in [0.15, 0.2) is 35.7 Å². The Labute approximate surface area is 181 Å². The number of aliphatic hydroxyl groups is 1. The van der Waals surface area contributed by atoms with Gasteiger partial charge in [0.15, 0.2) is 0 Å². The van der Waals surface area contributed by atoms with Gasteiger partial charge in [0.1, 0.15) is 4.88 Å². The average Bonchev–Trinajstić information content (AvgIpc) is 3.35. The Morgan fingerprint density at radius 1 is 1.30 bits per heavy atom. The summed E-state index contributed by atoms with van der Waals surface area (Å²) in [7, 11) is 0. The highest BCUT2D eigenvalue weighted by atomic mass is 32.1. The van der Waals surface area contributed by atoms with Gasteiger partial charge in [0.05, 0.1) is 25.4 Å². The van der Waals surface area contributed by atoms with Gasteiger partial charge in [0.25, 0.3) is 0 Å². The van der Waals surface area contributed by atoms with Gasteiger partial charge in [0, 0.05) is 12.1 Å². The zero-order chi connectivity index (χ0) is 21.5. The van der Waals surface area contributed by atoms with Crippen molar-refractivity contribution in [3.63, 3.8) is 0 Å². The molecule has 1 aromatic carbocycles. The lowest BCUT2D eigenvalue weighted by Gasteiger charge is -2.25. The molecule has 3 rings (SSSR count). The predicted molar refractivity (Wildman–Crippen MR) is 117 cm³/mol. The minimum absolute atomic E-state index is 0.0459. The molecule has 0 bridgehead atoms. The van der Waals surface area contributed by atoms with Crippen LogP contribution in [0.3, 0.4) is 0 Å². The highest BCUT2D eigenvalue weighted by Crippen LogP contribution is 2.29. The lowest BCUT2D eigenvalue weighted by Crippen LogP contribution is -2.36. The topological polar surface area (TPSA) is 87.1 Å². The summed E-state index contributed by atoms with van der Waals surface area (Å²) in [6, 6.07) is 9.16. The van der Waals surface area contributed by atoms with Crippen LogP contribution in [0.5, 0.6) is 0 Å². The van der Waals surface area contributed by atoms with Crippen molar-refractivity contribution in [3.8, 4) is 0 Å². The Balaban J connectivity index is 1.56. The average molecular weight is 432 g/mol. The number of carboxylic acid groups (broad SMARTS) is 1. The molecule has 162 valence electrons. The Kier molecular flexibility index (Phi) is 8.01. The molecule has 1 aromatic heterocycles. The van der Waals surface area contributed by atoms with Crippen LogP contribution in [0.4, 0.5) is 5.69 Å². The zero-order valence-electron chi connectivity index (χ0n) is 17.3. The molecule has 2 heterocycles. The second-order valence-electron chi connectivity index (χ2n) is 7.70. The fourth-order valence-corrected chi connectivity index (χ4v) is 4.48. The maximum atomic E-state index is 12.4. The van der Waals surface area contributed by atoms with Crippen molar-refractivity contribution in [2.45, 2.75) is 64.2 Å². The number of amides is 1. The van der Waals surface area contributed by atoms with Gasteiger partial charge in [-0.25, -0.2) is 4.79 Å². The third kappa shape index (κ3) is 5.68. The Bertz CT molecular complexity index is 848. The van der Waals surface area contributed by atoms with Crippen LogP contribution in [-0.2, 0) is 16.1 Å². The normalized spacial score (nSPS) is 17.5. The van der Waals surface area contributed by atoms with E-state index < -0.39 is 12.1 Å². The smallest absolute Gasteiger partial charge is 0.345 e. The lowest BCUT2D eigenvalue weighted by atomic mass is 10.0. The Morgan fingerprint density at radius 2 is 2.07 bits per heavy atom. The van der Waals surface area contributed by atoms with Crippen molar-refractivity contribution >= 4 is 28.9 Å². The maximum Gasteiger partial charge on any atom is 0.345 e. The van der Waals surface area contributed by atoms with Gasteiger partial charge >= 0.3 is 5.97 Å².